The lowest BCUT2D eigenvalue weighted by molar-refractivity contribution is -0.114. The predicted molar refractivity (Wildman–Crippen MR) is 93.0 cm³/mol. The molecule has 0 radical (unpaired) electrons. The van der Waals surface area contributed by atoms with Crippen molar-refractivity contribution < 1.29 is 13.9 Å². The molecule has 0 atom stereocenters. The van der Waals surface area contributed by atoms with Gasteiger partial charge in [-0.05, 0) is 31.2 Å². The van der Waals surface area contributed by atoms with Crippen LogP contribution in [0.2, 0.25) is 0 Å². The minimum atomic E-state index is -0.376. The smallest absolute Gasteiger partial charge is 0.169 e. The summed E-state index contributed by atoms with van der Waals surface area (Å²) in [6.45, 7) is 2.39. The highest BCUT2D eigenvalue weighted by molar-refractivity contribution is 7.99. The zero-order valence-corrected chi connectivity index (χ0v) is 14.1. The fraction of sp³-hybridized carbons (Fsp3) is 0.222. The number of thioether (sulfide) groups is 1. The molecule has 0 aliphatic carbocycles. The van der Waals surface area contributed by atoms with Crippen molar-refractivity contribution in [3.8, 4) is 5.75 Å². The molecule has 6 heteroatoms. The molecule has 0 N–H and O–H groups in total. The molecule has 0 unspecified atom stereocenters. The maximum atomic E-state index is 13.6. The van der Waals surface area contributed by atoms with Gasteiger partial charge in [0.25, 0.3) is 0 Å². The fourth-order valence-electron chi connectivity index (χ4n) is 2.35. The number of carbonyl (C=O) groups excluding carboxylic acids is 1. The van der Waals surface area contributed by atoms with E-state index in [-0.39, 0.29) is 17.3 Å². The van der Waals surface area contributed by atoms with E-state index in [2.05, 4.69) is 4.98 Å². The van der Waals surface area contributed by atoms with Crippen molar-refractivity contribution in [1.82, 2.24) is 9.55 Å². The van der Waals surface area contributed by atoms with E-state index in [1.807, 2.05) is 28.8 Å². The van der Waals surface area contributed by atoms with Gasteiger partial charge in [-0.15, -0.1) is 0 Å². The molecule has 0 saturated carbocycles. The van der Waals surface area contributed by atoms with Gasteiger partial charge in [0.1, 0.15) is 12.4 Å². The largest absolute Gasteiger partial charge is 0.489 e. The summed E-state index contributed by atoms with van der Waals surface area (Å²) < 4.78 is 21.2. The molecule has 0 saturated heterocycles. The number of halogens is 1. The summed E-state index contributed by atoms with van der Waals surface area (Å²) in [4.78, 5) is 15.8. The lowest BCUT2D eigenvalue weighted by Crippen LogP contribution is -2.10. The predicted octanol–water partition coefficient (Wildman–Crippen LogP) is 3.94. The molecule has 24 heavy (non-hydrogen) atoms. The Kier molecular flexibility index (Phi) is 5.15. The average molecular weight is 344 g/mol. The molecule has 0 bridgehead atoms. The van der Waals surface area contributed by atoms with Crippen molar-refractivity contribution in [3.63, 3.8) is 0 Å². The van der Waals surface area contributed by atoms with Crippen molar-refractivity contribution in [2.24, 2.45) is 0 Å². The zero-order chi connectivity index (χ0) is 16.9. The maximum Gasteiger partial charge on any atom is 0.169 e. The van der Waals surface area contributed by atoms with Gasteiger partial charge in [-0.2, -0.15) is 0 Å². The standard InChI is InChI=1S/C18H17FN2O2S/c1-13(22)12-24-18-20-15-7-3-4-8-16(15)21(18)10-11-23-17-9-5-2-6-14(17)19/h2-9H,10-12H2,1H3. The third-order valence-electron chi connectivity index (χ3n) is 3.43. The Morgan fingerprint density at radius 1 is 1.21 bits per heavy atom. The number of hydrogen-bond acceptors (Lipinski definition) is 4. The molecule has 0 spiro atoms. The summed E-state index contributed by atoms with van der Waals surface area (Å²) in [5.41, 5.74) is 1.84. The van der Waals surface area contributed by atoms with E-state index in [4.69, 9.17) is 4.74 Å². The van der Waals surface area contributed by atoms with Gasteiger partial charge in [0.15, 0.2) is 16.7 Å². The van der Waals surface area contributed by atoms with Crippen molar-refractivity contribution in [2.75, 3.05) is 12.4 Å². The Hall–Kier alpha value is -2.34. The van der Waals surface area contributed by atoms with Crippen LogP contribution in [0.1, 0.15) is 6.92 Å². The van der Waals surface area contributed by atoms with Crippen LogP contribution >= 0.6 is 11.8 Å². The van der Waals surface area contributed by atoms with E-state index >= 15 is 0 Å². The molecule has 3 aromatic rings. The molecule has 0 amide bonds. The topological polar surface area (TPSA) is 44.1 Å². The van der Waals surface area contributed by atoms with E-state index in [0.29, 0.717) is 18.9 Å². The molecule has 3 rings (SSSR count). The van der Waals surface area contributed by atoms with E-state index in [1.165, 1.54) is 17.8 Å². The SMILES string of the molecule is CC(=O)CSc1nc2ccccc2n1CCOc1ccccc1F. The number of imidazole rings is 1. The summed E-state index contributed by atoms with van der Waals surface area (Å²) in [6.07, 6.45) is 0. The highest BCUT2D eigenvalue weighted by Gasteiger charge is 2.12. The van der Waals surface area contributed by atoms with Crippen LogP contribution < -0.4 is 4.74 Å². The Labute approximate surface area is 143 Å². The lowest BCUT2D eigenvalue weighted by Gasteiger charge is -2.10. The molecular formula is C18H17FN2O2S. The van der Waals surface area contributed by atoms with Crippen LogP contribution in [0.15, 0.2) is 53.7 Å². The molecule has 0 aliphatic heterocycles. The van der Waals surface area contributed by atoms with Crippen LogP contribution in [0.4, 0.5) is 4.39 Å². The van der Waals surface area contributed by atoms with Gasteiger partial charge in [0.2, 0.25) is 0 Å². The van der Waals surface area contributed by atoms with Crippen molar-refractivity contribution in [1.29, 1.82) is 0 Å². The first-order valence-corrected chi connectivity index (χ1v) is 8.58. The number of fused-ring (bicyclic) bond motifs is 1. The van der Waals surface area contributed by atoms with Crippen LogP contribution in [0.5, 0.6) is 5.75 Å². The van der Waals surface area contributed by atoms with Gasteiger partial charge in [-0.1, -0.05) is 36.0 Å². The number of para-hydroxylation sites is 3. The van der Waals surface area contributed by atoms with Crippen LogP contribution in [-0.4, -0.2) is 27.7 Å². The average Bonchev–Trinajstić information content (AvgIpc) is 2.93. The number of benzene rings is 2. The maximum absolute atomic E-state index is 13.6. The number of hydrogen-bond donors (Lipinski definition) is 0. The van der Waals surface area contributed by atoms with Crippen molar-refractivity contribution in [3.05, 3.63) is 54.3 Å². The van der Waals surface area contributed by atoms with Gasteiger partial charge in [-0.25, -0.2) is 9.37 Å². The Morgan fingerprint density at radius 3 is 2.75 bits per heavy atom. The van der Waals surface area contributed by atoms with Gasteiger partial charge in [0, 0.05) is 0 Å². The van der Waals surface area contributed by atoms with Crippen LogP contribution in [0, 0.1) is 5.82 Å². The number of rotatable bonds is 7. The second kappa shape index (κ2) is 7.49. The summed E-state index contributed by atoms with van der Waals surface area (Å²) in [6, 6.07) is 14.1. The molecule has 0 aliphatic rings. The minimum Gasteiger partial charge on any atom is -0.489 e. The zero-order valence-electron chi connectivity index (χ0n) is 13.2. The second-order valence-corrected chi connectivity index (χ2v) is 6.25. The van der Waals surface area contributed by atoms with E-state index in [9.17, 15) is 9.18 Å². The molecule has 1 heterocycles. The van der Waals surface area contributed by atoms with Gasteiger partial charge in [-0.3, -0.25) is 4.79 Å². The monoisotopic (exact) mass is 344 g/mol. The fourth-order valence-corrected chi connectivity index (χ4v) is 3.20. The summed E-state index contributed by atoms with van der Waals surface area (Å²) in [5.74, 6) is 0.331. The van der Waals surface area contributed by atoms with E-state index < -0.39 is 0 Å². The van der Waals surface area contributed by atoms with E-state index in [1.54, 1.807) is 25.1 Å². The Bertz CT molecular complexity index is 863. The first kappa shape index (κ1) is 16.5. The van der Waals surface area contributed by atoms with Crippen LogP contribution in [-0.2, 0) is 11.3 Å². The van der Waals surface area contributed by atoms with Crippen LogP contribution in [0.25, 0.3) is 11.0 Å². The molecule has 2 aromatic carbocycles. The Morgan fingerprint density at radius 2 is 1.96 bits per heavy atom. The van der Waals surface area contributed by atoms with E-state index in [0.717, 1.165) is 16.2 Å². The third-order valence-corrected chi connectivity index (χ3v) is 4.55. The number of ether oxygens (including phenoxy) is 1. The normalized spacial score (nSPS) is 10.9. The highest BCUT2D eigenvalue weighted by atomic mass is 32.2. The number of aromatic nitrogens is 2. The Balaban J connectivity index is 1.78. The first-order chi connectivity index (χ1) is 11.6. The van der Waals surface area contributed by atoms with Crippen molar-refractivity contribution in [2.45, 2.75) is 18.6 Å². The number of ketones is 1. The number of Topliss-reactive ketones (excluding diaryl/α,β-unsaturated/α-hetero) is 1. The lowest BCUT2D eigenvalue weighted by atomic mass is 10.3. The summed E-state index contributed by atoms with van der Waals surface area (Å²) in [7, 11) is 0. The molecule has 0 fully saturated rings. The minimum absolute atomic E-state index is 0.0983. The van der Waals surface area contributed by atoms with Crippen molar-refractivity contribution >= 4 is 28.6 Å². The number of carbonyl (C=O) groups is 1. The van der Waals surface area contributed by atoms with Gasteiger partial charge in [0.05, 0.1) is 23.3 Å². The highest BCUT2D eigenvalue weighted by Crippen LogP contribution is 2.24. The third kappa shape index (κ3) is 3.76. The van der Waals surface area contributed by atoms with Gasteiger partial charge < -0.3 is 9.30 Å². The second-order valence-electron chi connectivity index (χ2n) is 5.30. The summed E-state index contributed by atoms with van der Waals surface area (Å²) >= 11 is 1.40. The molecule has 1 aromatic heterocycles. The quantitative estimate of drug-likeness (QED) is 0.609. The molecule has 124 valence electrons. The number of nitrogens with zero attached hydrogens (tertiary/aromatic N) is 2. The molecule has 4 nitrogen and oxygen atoms in total. The van der Waals surface area contributed by atoms with Crippen LogP contribution in [0.3, 0.4) is 0 Å². The first-order valence-electron chi connectivity index (χ1n) is 7.60. The summed E-state index contributed by atoms with van der Waals surface area (Å²) in [5, 5.41) is 0.767. The molecular weight excluding hydrogens is 327 g/mol. The van der Waals surface area contributed by atoms with Gasteiger partial charge >= 0.3 is 0 Å².